The van der Waals surface area contributed by atoms with Crippen molar-refractivity contribution in [2.75, 3.05) is 11.1 Å². The molecule has 0 aliphatic heterocycles. The van der Waals surface area contributed by atoms with Crippen LogP contribution in [0, 0.1) is 13.8 Å². The quantitative estimate of drug-likeness (QED) is 0.239. The lowest BCUT2D eigenvalue weighted by atomic mass is 9.73. The Balaban J connectivity index is 1.80. The van der Waals surface area contributed by atoms with Crippen molar-refractivity contribution in [3.8, 4) is 0 Å². The molecule has 4 rings (SSSR count). The molecule has 0 atom stereocenters. The van der Waals surface area contributed by atoms with Crippen molar-refractivity contribution in [1.82, 2.24) is 9.97 Å². The van der Waals surface area contributed by atoms with Crippen molar-refractivity contribution < 1.29 is 26.3 Å². The van der Waals surface area contributed by atoms with Crippen LogP contribution in [0.4, 0.5) is 43.5 Å². The van der Waals surface area contributed by atoms with E-state index in [1.54, 1.807) is 0 Å². The van der Waals surface area contributed by atoms with Gasteiger partial charge >= 0.3 is 12.4 Å². The smallest absolute Gasteiger partial charge is 0.399 e. The van der Waals surface area contributed by atoms with Gasteiger partial charge in [-0.15, -0.1) is 0 Å². The van der Waals surface area contributed by atoms with Gasteiger partial charge in [-0.3, -0.25) is 0 Å². The fraction of sp³-hybridized carbons (Fsp3) is 0.200. The number of hydrogen-bond donors (Lipinski definition) is 2. The average molecular weight is 490 g/mol. The highest BCUT2D eigenvalue weighted by atomic mass is 19.4. The highest BCUT2D eigenvalue weighted by molar-refractivity contribution is 5.91. The van der Waals surface area contributed by atoms with Crippen LogP contribution >= 0.6 is 0 Å². The van der Waals surface area contributed by atoms with Crippen molar-refractivity contribution >= 4 is 28.1 Å². The Morgan fingerprint density at radius 2 is 1.23 bits per heavy atom. The Bertz CT molecular complexity index is 1350. The first-order valence-corrected chi connectivity index (χ1v) is 10.4. The zero-order valence-corrected chi connectivity index (χ0v) is 18.6. The van der Waals surface area contributed by atoms with Gasteiger partial charge in [-0.25, -0.2) is 9.97 Å². The van der Waals surface area contributed by atoms with E-state index in [4.69, 9.17) is 5.73 Å². The number of nitrogens with two attached hydrogens (primary N) is 1. The van der Waals surface area contributed by atoms with E-state index in [9.17, 15) is 26.3 Å². The van der Waals surface area contributed by atoms with Crippen molar-refractivity contribution in [2.45, 2.75) is 31.6 Å². The molecule has 0 fully saturated rings. The molecule has 0 spiro atoms. The van der Waals surface area contributed by atoms with Crippen LogP contribution in [0.5, 0.6) is 0 Å². The number of nitrogens with one attached hydrogen (secondary N) is 1. The number of halogens is 6. The van der Waals surface area contributed by atoms with Crippen LogP contribution in [-0.4, -0.2) is 22.3 Å². The minimum atomic E-state index is -5.67. The lowest BCUT2D eigenvalue weighted by Crippen LogP contribution is -2.54. The maximum atomic E-state index is 14.3. The summed E-state index contributed by atoms with van der Waals surface area (Å²) < 4.78 is 85.5. The zero-order chi connectivity index (χ0) is 25.6. The summed E-state index contributed by atoms with van der Waals surface area (Å²) in [6.45, 7) is 3.84. The molecule has 3 aromatic carbocycles. The Morgan fingerprint density at radius 3 is 1.77 bits per heavy atom. The molecule has 1 aromatic heterocycles. The number of anilines is 3. The van der Waals surface area contributed by atoms with Crippen LogP contribution in [0.15, 0.2) is 67.0 Å². The third kappa shape index (κ3) is 4.13. The number of nitrogen functional groups attached to an aromatic ring is 1. The second-order valence-corrected chi connectivity index (χ2v) is 8.25. The second kappa shape index (κ2) is 8.44. The summed E-state index contributed by atoms with van der Waals surface area (Å²) in [4.78, 5) is 8.40. The van der Waals surface area contributed by atoms with Gasteiger partial charge in [0, 0.05) is 16.8 Å². The predicted octanol–water partition coefficient (Wildman–Crippen LogP) is 6.98. The van der Waals surface area contributed by atoms with E-state index in [1.807, 2.05) is 26.0 Å². The van der Waals surface area contributed by atoms with Gasteiger partial charge in [-0.05, 0) is 72.5 Å². The van der Waals surface area contributed by atoms with Gasteiger partial charge in [-0.2, -0.15) is 26.3 Å². The molecule has 0 aliphatic rings. The Labute approximate surface area is 196 Å². The van der Waals surface area contributed by atoms with E-state index >= 15 is 0 Å². The number of aromatic nitrogens is 2. The molecule has 0 radical (unpaired) electrons. The first-order chi connectivity index (χ1) is 16.3. The maximum Gasteiger partial charge on any atom is 0.411 e. The Hall–Kier alpha value is -3.82. The molecule has 0 aliphatic carbocycles. The topological polar surface area (TPSA) is 63.8 Å². The van der Waals surface area contributed by atoms with Crippen LogP contribution in [0.3, 0.4) is 0 Å². The number of aryl methyl sites for hydroxylation is 2. The zero-order valence-electron chi connectivity index (χ0n) is 18.6. The molecule has 4 nitrogen and oxygen atoms in total. The summed E-state index contributed by atoms with van der Waals surface area (Å²) in [6, 6.07) is 11.2. The molecule has 3 N–H and O–H groups in total. The van der Waals surface area contributed by atoms with Crippen molar-refractivity contribution in [3.05, 3.63) is 89.2 Å². The van der Waals surface area contributed by atoms with Gasteiger partial charge < -0.3 is 11.1 Å². The number of alkyl halides is 6. The van der Waals surface area contributed by atoms with Gasteiger partial charge in [0.2, 0.25) is 5.41 Å². The van der Waals surface area contributed by atoms with Crippen molar-refractivity contribution in [2.24, 2.45) is 0 Å². The van der Waals surface area contributed by atoms with Crippen LogP contribution < -0.4 is 11.1 Å². The monoisotopic (exact) mass is 490 g/mol. The minimum Gasteiger partial charge on any atom is -0.399 e. The number of nitrogens with zero attached hydrogens (tertiary/aromatic N) is 2. The predicted molar refractivity (Wildman–Crippen MR) is 122 cm³/mol. The van der Waals surface area contributed by atoms with Gasteiger partial charge in [0.1, 0.15) is 12.1 Å². The summed E-state index contributed by atoms with van der Waals surface area (Å²) in [5, 5.41) is 3.63. The first kappa shape index (κ1) is 24.3. The number of benzene rings is 3. The molecule has 10 heteroatoms. The van der Waals surface area contributed by atoms with E-state index in [-0.39, 0.29) is 11.4 Å². The molecule has 0 unspecified atom stereocenters. The lowest BCUT2D eigenvalue weighted by Gasteiger charge is -2.38. The number of fused-ring (bicyclic) bond motifs is 1. The van der Waals surface area contributed by atoms with Gasteiger partial charge in [-0.1, -0.05) is 24.3 Å². The third-order valence-corrected chi connectivity index (χ3v) is 6.03. The van der Waals surface area contributed by atoms with E-state index in [1.165, 1.54) is 6.33 Å². The summed E-state index contributed by atoms with van der Waals surface area (Å²) in [7, 11) is 0. The lowest BCUT2D eigenvalue weighted by molar-refractivity contribution is -0.288. The Kier molecular flexibility index (Phi) is 5.86. The molecule has 0 saturated heterocycles. The fourth-order valence-electron chi connectivity index (χ4n) is 4.07. The van der Waals surface area contributed by atoms with Crippen LogP contribution in [-0.2, 0) is 5.41 Å². The number of hydrogen-bond acceptors (Lipinski definition) is 4. The van der Waals surface area contributed by atoms with E-state index < -0.39 is 28.9 Å². The minimum absolute atomic E-state index is 0.0501. The number of rotatable bonds is 4. The molecule has 1 heterocycles. The molecular formula is C25H20F6N4. The van der Waals surface area contributed by atoms with Gasteiger partial charge in [0.25, 0.3) is 0 Å². The van der Waals surface area contributed by atoms with E-state index in [2.05, 4.69) is 15.3 Å². The molecule has 0 saturated carbocycles. The largest absolute Gasteiger partial charge is 0.411 e. The first-order valence-electron chi connectivity index (χ1n) is 10.4. The third-order valence-electron chi connectivity index (χ3n) is 6.03. The summed E-state index contributed by atoms with van der Waals surface area (Å²) in [6.07, 6.45) is -10.0. The normalized spacial score (nSPS) is 12.7. The van der Waals surface area contributed by atoms with Gasteiger partial charge in [0.05, 0.1) is 5.52 Å². The molecule has 35 heavy (non-hydrogen) atoms. The van der Waals surface area contributed by atoms with E-state index in [0.29, 0.717) is 16.7 Å². The van der Waals surface area contributed by atoms with Crippen molar-refractivity contribution in [1.29, 1.82) is 0 Å². The van der Waals surface area contributed by atoms with Crippen LogP contribution in [0.2, 0.25) is 0 Å². The van der Waals surface area contributed by atoms with Gasteiger partial charge in [0.15, 0.2) is 0 Å². The molecular weight excluding hydrogens is 470 g/mol. The Morgan fingerprint density at radius 1 is 0.714 bits per heavy atom. The molecule has 182 valence electrons. The SMILES string of the molecule is Cc1cc2ncnc(Nc3ccc(C(c4ccc(N)cc4)(C(F)(F)F)C(F)(F)F)cc3)c2cc1C. The average Bonchev–Trinajstić information content (AvgIpc) is 2.76. The highest BCUT2D eigenvalue weighted by Gasteiger charge is 2.72. The maximum absolute atomic E-state index is 14.3. The molecule has 0 amide bonds. The van der Waals surface area contributed by atoms with Crippen LogP contribution in [0.1, 0.15) is 22.3 Å². The standard InChI is InChI=1S/C25H20F6N4/c1-14-11-20-21(12-15(14)2)33-13-34-22(20)35-19-9-5-17(6-10-19)23(24(26,27)28,25(29,30)31)16-3-7-18(32)8-4-16/h3-13H,32H2,1-2H3,(H,33,34,35). The van der Waals surface area contributed by atoms with E-state index in [0.717, 1.165) is 59.7 Å². The summed E-state index contributed by atoms with van der Waals surface area (Å²) in [5.74, 6) is 0.377. The summed E-state index contributed by atoms with van der Waals surface area (Å²) in [5.41, 5.74) is 2.29. The molecule has 4 aromatic rings. The molecule has 0 bridgehead atoms. The second-order valence-electron chi connectivity index (χ2n) is 8.25. The highest BCUT2D eigenvalue weighted by Crippen LogP contribution is 2.56. The fourth-order valence-corrected chi connectivity index (χ4v) is 4.07. The summed E-state index contributed by atoms with van der Waals surface area (Å²) >= 11 is 0. The van der Waals surface area contributed by atoms with Crippen LogP contribution in [0.25, 0.3) is 10.9 Å². The van der Waals surface area contributed by atoms with Crippen molar-refractivity contribution in [3.63, 3.8) is 0 Å².